The lowest BCUT2D eigenvalue weighted by molar-refractivity contribution is -0.139. The van der Waals surface area contributed by atoms with E-state index in [9.17, 15) is 14.4 Å². The lowest BCUT2D eigenvalue weighted by atomic mass is 9.85. The van der Waals surface area contributed by atoms with Crippen LogP contribution >= 0.6 is 0 Å². The maximum Gasteiger partial charge on any atom is 0.321 e. The molecular formula is C13H20N4O4. The van der Waals surface area contributed by atoms with Gasteiger partial charge in [0.15, 0.2) is 0 Å². The maximum atomic E-state index is 11.7. The first-order valence-corrected chi connectivity index (χ1v) is 6.55. The molecule has 116 valence electrons. The molecule has 0 bridgehead atoms. The summed E-state index contributed by atoms with van der Waals surface area (Å²) in [5.74, 6) is -1.48. The molecule has 1 heterocycles. The third-order valence-corrected chi connectivity index (χ3v) is 2.71. The van der Waals surface area contributed by atoms with Crippen molar-refractivity contribution in [1.29, 1.82) is 0 Å². The Hall–Kier alpha value is -2.38. The van der Waals surface area contributed by atoms with Crippen LogP contribution in [0.3, 0.4) is 0 Å². The Morgan fingerprint density at radius 1 is 1.29 bits per heavy atom. The second-order valence-corrected chi connectivity index (χ2v) is 5.48. The van der Waals surface area contributed by atoms with Crippen LogP contribution in [0.1, 0.15) is 26.7 Å². The summed E-state index contributed by atoms with van der Waals surface area (Å²) in [6, 6.07) is 1.17. The summed E-state index contributed by atoms with van der Waals surface area (Å²) in [6.45, 7) is 4.16. The molecule has 8 heteroatoms. The van der Waals surface area contributed by atoms with E-state index in [1.807, 2.05) is 0 Å². The molecule has 0 radical (unpaired) electrons. The zero-order valence-corrected chi connectivity index (χ0v) is 12.1. The van der Waals surface area contributed by atoms with Crippen LogP contribution in [0.15, 0.2) is 18.5 Å². The van der Waals surface area contributed by atoms with Crippen LogP contribution in [-0.2, 0) is 16.1 Å². The number of aromatic nitrogens is 2. The van der Waals surface area contributed by atoms with E-state index < -0.39 is 23.3 Å². The van der Waals surface area contributed by atoms with Gasteiger partial charge in [0.1, 0.15) is 0 Å². The molecule has 3 N–H and O–H groups in total. The highest BCUT2D eigenvalue weighted by Crippen LogP contribution is 2.24. The van der Waals surface area contributed by atoms with Crippen molar-refractivity contribution in [2.45, 2.75) is 33.2 Å². The lowest BCUT2D eigenvalue weighted by Gasteiger charge is -2.21. The SMILES string of the molecule is CC(C)(CC(=O)O)CC(=O)NC(=O)NCCn1cccn1. The van der Waals surface area contributed by atoms with E-state index in [0.717, 1.165) is 0 Å². The molecule has 3 amide bonds. The minimum absolute atomic E-state index is 0.0358. The molecule has 1 aromatic heterocycles. The average Bonchev–Trinajstić information content (AvgIpc) is 2.78. The topological polar surface area (TPSA) is 113 Å². The van der Waals surface area contributed by atoms with Gasteiger partial charge in [0.05, 0.1) is 13.0 Å². The number of carbonyl (C=O) groups is 3. The summed E-state index contributed by atoms with van der Waals surface area (Å²) in [4.78, 5) is 33.8. The number of carbonyl (C=O) groups excluding carboxylic acids is 2. The Bertz CT molecular complexity index is 496. The van der Waals surface area contributed by atoms with Crippen LogP contribution in [0, 0.1) is 5.41 Å². The van der Waals surface area contributed by atoms with Crippen molar-refractivity contribution in [2.75, 3.05) is 6.54 Å². The van der Waals surface area contributed by atoms with Gasteiger partial charge in [-0.15, -0.1) is 0 Å². The quantitative estimate of drug-likeness (QED) is 0.682. The van der Waals surface area contributed by atoms with Gasteiger partial charge in [-0.05, 0) is 11.5 Å². The normalized spacial score (nSPS) is 11.0. The van der Waals surface area contributed by atoms with Gasteiger partial charge >= 0.3 is 12.0 Å². The van der Waals surface area contributed by atoms with Crippen LogP contribution in [-0.4, -0.2) is 39.3 Å². The third-order valence-electron chi connectivity index (χ3n) is 2.71. The Labute approximate surface area is 122 Å². The van der Waals surface area contributed by atoms with E-state index in [0.29, 0.717) is 13.1 Å². The summed E-state index contributed by atoms with van der Waals surface area (Å²) in [5.41, 5.74) is -0.703. The molecule has 0 spiro atoms. The van der Waals surface area contributed by atoms with Crippen molar-refractivity contribution in [3.63, 3.8) is 0 Å². The molecule has 0 saturated heterocycles. The Kier molecular flexibility index (Phi) is 5.89. The van der Waals surface area contributed by atoms with Gasteiger partial charge < -0.3 is 10.4 Å². The Morgan fingerprint density at radius 2 is 2.00 bits per heavy atom. The van der Waals surface area contributed by atoms with Gasteiger partial charge in [-0.3, -0.25) is 19.6 Å². The molecule has 0 fully saturated rings. The zero-order chi connectivity index (χ0) is 15.9. The lowest BCUT2D eigenvalue weighted by Crippen LogP contribution is -2.42. The maximum absolute atomic E-state index is 11.7. The summed E-state index contributed by atoms with van der Waals surface area (Å²) < 4.78 is 1.65. The number of amides is 3. The number of urea groups is 1. The first-order valence-electron chi connectivity index (χ1n) is 6.55. The number of hydrogen-bond donors (Lipinski definition) is 3. The van der Waals surface area contributed by atoms with Gasteiger partial charge in [-0.2, -0.15) is 5.10 Å². The van der Waals surface area contributed by atoms with Gasteiger partial charge in [-0.1, -0.05) is 13.8 Å². The van der Waals surface area contributed by atoms with Crippen molar-refractivity contribution in [2.24, 2.45) is 5.41 Å². The molecule has 0 aromatic carbocycles. The number of rotatable bonds is 7. The third kappa shape index (κ3) is 7.09. The molecule has 0 unspecified atom stereocenters. The van der Waals surface area contributed by atoms with Crippen LogP contribution < -0.4 is 10.6 Å². The Morgan fingerprint density at radius 3 is 2.57 bits per heavy atom. The fourth-order valence-corrected chi connectivity index (χ4v) is 1.84. The van der Waals surface area contributed by atoms with Crippen LogP contribution in [0.5, 0.6) is 0 Å². The van der Waals surface area contributed by atoms with Crippen LogP contribution in [0.25, 0.3) is 0 Å². The van der Waals surface area contributed by atoms with E-state index in [1.54, 1.807) is 37.0 Å². The number of nitrogens with zero attached hydrogens (tertiary/aromatic N) is 2. The van der Waals surface area contributed by atoms with Crippen molar-refractivity contribution in [3.8, 4) is 0 Å². The molecule has 1 rings (SSSR count). The predicted molar refractivity (Wildman–Crippen MR) is 74.4 cm³/mol. The number of aliphatic carboxylic acids is 1. The van der Waals surface area contributed by atoms with Crippen molar-refractivity contribution < 1.29 is 19.5 Å². The molecule has 1 aromatic rings. The first kappa shape index (κ1) is 16.7. The summed E-state index contributed by atoms with van der Waals surface area (Å²) >= 11 is 0. The smallest absolute Gasteiger partial charge is 0.321 e. The van der Waals surface area contributed by atoms with E-state index in [4.69, 9.17) is 5.11 Å². The minimum atomic E-state index is -0.975. The molecule has 0 atom stereocenters. The zero-order valence-electron chi connectivity index (χ0n) is 12.1. The number of carboxylic acid groups (broad SMARTS) is 1. The molecular weight excluding hydrogens is 276 g/mol. The predicted octanol–water partition coefficient (Wildman–Crippen LogP) is 0.600. The standard InChI is InChI=1S/C13H20N4O4/c1-13(2,9-11(19)20)8-10(18)16-12(21)14-5-7-17-6-3-4-15-17/h3-4,6H,5,7-9H2,1-2H3,(H,19,20)(H2,14,16,18,21). The fourth-order valence-electron chi connectivity index (χ4n) is 1.84. The molecule has 0 aliphatic heterocycles. The minimum Gasteiger partial charge on any atom is -0.481 e. The van der Waals surface area contributed by atoms with Gasteiger partial charge in [0.25, 0.3) is 0 Å². The molecule has 21 heavy (non-hydrogen) atoms. The molecule has 0 saturated carbocycles. The summed E-state index contributed by atoms with van der Waals surface area (Å²) in [5, 5.41) is 17.4. The molecule has 0 aliphatic rings. The van der Waals surface area contributed by atoms with E-state index in [2.05, 4.69) is 15.7 Å². The summed E-state index contributed by atoms with van der Waals surface area (Å²) in [7, 11) is 0. The largest absolute Gasteiger partial charge is 0.481 e. The van der Waals surface area contributed by atoms with Crippen molar-refractivity contribution in [3.05, 3.63) is 18.5 Å². The molecule has 8 nitrogen and oxygen atoms in total. The highest BCUT2D eigenvalue weighted by molar-refractivity contribution is 5.94. The number of carboxylic acids is 1. The van der Waals surface area contributed by atoms with E-state index in [1.165, 1.54) is 0 Å². The second kappa shape index (κ2) is 7.41. The number of imide groups is 1. The Balaban J connectivity index is 2.27. The molecule has 0 aliphatic carbocycles. The van der Waals surface area contributed by atoms with Gasteiger partial charge in [0.2, 0.25) is 5.91 Å². The van der Waals surface area contributed by atoms with Crippen LogP contribution in [0.4, 0.5) is 4.79 Å². The van der Waals surface area contributed by atoms with E-state index >= 15 is 0 Å². The van der Waals surface area contributed by atoms with E-state index in [-0.39, 0.29) is 12.8 Å². The first-order chi connectivity index (χ1) is 9.78. The summed E-state index contributed by atoms with van der Waals surface area (Å²) in [6.07, 6.45) is 3.22. The average molecular weight is 296 g/mol. The van der Waals surface area contributed by atoms with Crippen molar-refractivity contribution in [1.82, 2.24) is 20.4 Å². The fraction of sp³-hybridized carbons (Fsp3) is 0.538. The van der Waals surface area contributed by atoms with Crippen molar-refractivity contribution >= 4 is 17.9 Å². The number of nitrogens with one attached hydrogen (secondary N) is 2. The van der Waals surface area contributed by atoms with Gasteiger partial charge in [-0.25, -0.2) is 4.79 Å². The highest BCUT2D eigenvalue weighted by atomic mass is 16.4. The number of hydrogen-bond acceptors (Lipinski definition) is 4. The van der Waals surface area contributed by atoms with Gasteiger partial charge in [0, 0.05) is 25.4 Å². The van der Waals surface area contributed by atoms with Crippen LogP contribution in [0.2, 0.25) is 0 Å². The second-order valence-electron chi connectivity index (χ2n) is 5.48. The highest BCUT2D eigenvalue weighted by Gasteiger charge is 2.25. The monoisotopic (exact) mass is 296 g/mol.